The number of nitrogens with one attached hydrogen (secondary N) is 1. The van der Waals surface area contributed by atoms with Crippen LogP contribution in [0.2, 0.25) is 0 Å². The first kappa shape index (κ1) is 11.9. The fraction of sp³-hybridized carbons (Fsp3) is 0.333. The number of nitrogens with zero attached hydrogens (tertiary/aromatic N) is 2. The summed E-state index contributed by atoms with van der Waals surface area (Å²) in [5.74, 6) is 0.0347. The largest absolute Gasteiger partial charge is 0.357 e. The maximum absolute atomic E-state index is 11.6. The Bertz CT molecular complexity index is 495. The van der Waals surface area contributed by atoms with Crippen molar-refractivity contribution in [2.45, 2.75) is 13.0 Å². The second-order valence-corrected chi connectivity index (χ2v) is 4.79. The molecule has 2 rings (SSSR count). The second kappa shape index (κ2) is 4.76. The first-order valence-corrected chi connectivity index (χ1v) is 6.17. The molecule has 1 aromatic rings. The highest BCUT2D eigenvalue weighted by Gasteiger charge is 2.26. The highest BCUT2D eigenvalue weighted by Crippen LogP contribution is 2.29. The van der Waals surface area contributed by atoms with Crippen LogP contribution in [0.3, 0.4) is 0 Å². The van der Waals surface area contributed by atoms with Gasteiger partial charge >= 0.3 is 0 Å². The third-order valence-electron chi connectivity index (χ3n) is 2.89. The summed E-state index contributed by atoms with van der Waals surface area (Å²) in [6.07, 6.45) is 0. The van der Waals surface area contributed by atoms with Crippen molar-refractivity contribution in [3.63, 3.8) is 0 Å². The Balaban J connectivity index is 2.34. The van der Waals surface area contributed by atoms with Crippen molar-refractivity contribution in [2.24, 2.45) is 0 Å². The molecule has 88 valence electrons. The number of carbonyl (C=O) groups excluding carboxylic acids is 1. The Hall–Kier alpha value is -1.54. The van der Waals surface area contributed by atoms with Gasteiger partial charge in [-0.2, -0.15) is 5.26 Å². The lowest BCUT2D eigenvalue weighted by molar-refractivity contribution is -0.122. The van der Waals surface area contributed by atoms with Crippen molar-refractivity contribution in [3.8, 4) is 6.07 Å². The molecule has 0 spiro atoms. The van der Waals surface area contributed by atoms with E-state index in [1.165, 1.54) is 0 Å². The van der Waals surface area contributed by atoms with E-state index in [4.69, 9.17) is 5.26 Å². The summed E-state index contributed by atoms with van der Waals surface area (Å²) in [4.78, 5) is 13.6. The van der Waals surface area contributed by atoms with E-state index >= 15 is 0 Å². The zero-order valence-electron chi connectivity index (χ0n) is 9.40. The third-order valence-corrected chi connectivity index (χ3v) is 3.52. The Morgan fingerprint density at radius 2 is 2.35 bits per heavy atom. The average Bonchev–Trinajstić information content (AvgIpc) is 2.33. The molecule has 4 nitrogen and oxygen atoms in total. The summed E-state index contributed by atoms with van der Waals surface area (Å²) in [6, 6.07) is 7.31. The minimum Gasteiger partial charge on any atom is -0.357 e. The van der Waals surface area contributed by atoms with Gasteiger partial charge in [-0.05, 0) is 41.1 Å². The van der Waals surface area contributed by atoms with Gasteiger partial charge in [-0.1, -0.05) is 0 Å². The minimum atomic E-state index is -0.187. The second-order valence-electron chi connectivity index (χ2n) is 3.94. The van der Waals surface area contributed by atoms with E-state index < -0.39 is 0 Å². The third kappa shape index (κ3) is 2.27. The normalized spacial score (nSPS) is 19.7. The number of hydrogen-bond acceptors (Lipinski definition) is 3. The SMILES string of the molecule is CC1C(=O)NCCN1c1ccc(C#N)cc1Br. The van der Waals surface area contributed by atoms with Gasteiger partial charge in [0.05, 0.1) is 17.3 Å². The summed E-state index contributed by atoms with van der Waals surface area (Å²) in [6.45, 7) is 3.30. The first-order valence-electron chi connectivity index (χ1n) is 5.37. The van der Waals surface area contributed by atoms with Gasteiger partial charge in [-0.15, -0.1) is 0 Å². The van der Waals surface area contributed by atoms with E-state index in [-0.39, 0.29) is 11.9 Å². The number of nitriles is 1. The molecular formula is C12H12BrN3O. The van der Waals surface area contributed by atoms with Crippen LogP contribution in [0.15, 0.2) is 22.7 Å². The lowest BCUT2D eigenvalue weighted by atomic mass is 10.1. The summed E-state index contributed by atoms with van der Waals surface area (Å²) < 4.78 is 0.845. The molecular weight excluding hydrogens is 282 g/mol. The summed E-state index contributed by atoms with van der Waals surface area (Å²) in [5.41, 5.74) is 1.56. The Morgan fingerprint density at radius 3 is 3.00 bits per heavy atom. The number of halogens is 1. The molecule has 17 heavy (non-hydrogen) atoms. The highest BCUT2D eigenvalue weighted by atomic mass is 79.9. The van der Waals surface area contributed by atoms with Crippen LogP contribution < -0.4 is 10.2 Å². The van der Waals surface area contributed by atoms with Crippen LogP contribution in [0.25, 0.3) is 0 Å². The van der Waals surface area contributed by atoms with Crippen molar-refractivity contribution in [3.05, 3.63) is 28.2 Å². The quantitative estimate of drug-likeness (QED) is 0.856. The lowest BCUT2D eigenvalue weighted by Gasteiger charge is -2.35. The van der Waals surface area contributed by atoms with Gasteiger partial charge < -0.3 is 10.2 Å². The van der Waals surface area contributed by atoms with E-state index in [1.807, 2.05) is 17.9 Å². The van der Waals surface area contributed by atoms with Crippen molar-refractivity contribution in [1.29, 1.82) is 5.26 Å². The van der Waals surface area contributed by atoms with Crippen molar-refractivity contribution in [1.82, 2.24) is 5.32 Å². The molecule has 1 aliphatic heterocycles. The van der Waals surface area contributed by atoms with Crippen LogP contribution in [0.1, 0.15) is 12.5 Å². The van der Waals surface area contributed by atoms with Gasteiger partial charge in [-0.3, -0.25) is 4.79 Å². The maximum Gasteiger partial charge on any atom is 0.242 e. The molecule has 5 heteroatoms. The molecule has 1 saturated heterocycles. The molecule has 1 atom stereocenters. The number of piperazine rings is 1. The molecule has 0 aromatic heterocycles. The number of anilines is 1. The molecule has 1 heterocycles. The summed E-state index contributed by atoms with van der Waals surface area (Å²) >= 11 is 3.45. The van der Waals surface area contributed by atoms with Crippen LogP contribution in [0.4, 0.5) is 5.69 Å². The molecule has 1 unspecified atom stereocenters. The van der Waals surface area contributed by atoms with Gasteiger partial charge in [0.1, 0.15) is 6.04 Å². The van der Waals surface area contributed by atoms with Crippen molar-refractivity contribution in [2.75, 3.05) is 18.0 Å². The van der Waals surface area contributed by atoms with E-state index in [9.17, 15) is 4.79 Å². The standard InChI is InChI=1S/C12H12BrN3O/c1-8-12(17)15-4-5-16(8)11-3-2-9(7-14)6-10(11)13/h2-3,6,8H,4-5H2,1H3,(H,15,17). The van der Waals surface area contributed by atoms with Gasteiger partial charge in [0.2, 0.25) is 5.91 Å². The molecule has 0 saturated carbocycles. The number of hydrogen-bond donors (Lipinski definition) is 1. The van der Waals surface area contributed by atoms with E-state index in [1.54, 1.807) is 12.1 Å². The van der Waals surface area contributed by atoms with Crippen molar-refractivity contribution < 1.29 is 4.79 Å². The summed E-state index contributed by atoms with van der Waals surface area (Å²) in [7, 11) is 0. The fourth-order valence-electron chi connectivity index (χ4n) is 1.92. The zero-order valence-corrected chi connectivity index (χ0v) is 11.0. The van der Waals surface area contributed by atoms with Crippen LogP contribution in [0, 0.1) is 11.3 Å². The number of rotatable bonds is 1. The number of benzene rings is 1. The van der Waals surface area contributed by atoms with Crippen LogP contribution in [-0.2, 0) is 4.79 Å². The number of carbonyl (C=O) groups is 1. The zero-order chi connectivity index (χ0) is 12.4. The molecule has 1 N–H and O–H groups in total. The predicted molar refractivity (Wildman–Crippen MR) is 68.7 cm³/mol. The molecule has 1 aromatic carbocycles. The maximum atomic E-state index is 11.6. The first-order chi connectivity index (χ1) is 8.13. The number of amides is 1. The van der Waals surface area contributed by atoms with Crippen LogP contribution in [-0.4, -0.2) is 25.0 Å². The van der Waals surface area contributed by atoms with Crippen LogP contribution in [0.5, 0.6) is 0 Å². The fourth-order valence-corrected chi connectivity index (χ4v) is 2.53. The molecule has 1 fully saturated rings. The van der Waals surface area contributed by atoms with Gasteiger partial charge in [-0.25, -0.2) is 0 Å². The molecule has 0 radical (unpaired) electrons. The minimum absolute atomic E-state index is 0.0347. The average molecular weight is 294 g/mol. The van der Waals surface area contributed by atoms with E-state index in [0.717, 1.165) is 16.7 Å². The smallest absolute Gasteiger partial charge is 0.242 e. The molecule has 0 bridgehead atoms. The molecule has 0 aliphatic carbocycles. The van der Waals surface area contributed by atoms with Gasteiger partial charge in [0.25, 0.3) is 0 Å². The predicted octanol–water partition coefficient (Wildman–Crippen LogP) is 1.65. The van der Waals surface area contributed by atoms with Crippen LogP contribution >= 0.6 is 15.9 Å². The molecule has 1 aliphatic rings. The lowest BCUT2D eigenvalue weighted by Crippen LogP contribution is -2.54. The topological polar surface area (TPSA) is 56.1 Å². The monoisotopic (exact) mass is 293 g/mol. The Labute approximate surface area is 108 Å². The highest BCUT2D eigenvalue weighted by molar-refractivity contribution is 9.10. The molecule has 1 amide bonds. The van der Waals surface area contributed by atoms with Gasteiger partial charge in [0, 0.05) is 17.6 Å². The van der Waals surface area contributed by atoms with E-state index in [0.29, 0.717) is 12.1 Å². The Kier molecular flexibility index (Phi) is 3.34. The van der Waals surface area contributed by atoms with Crippen molar-refractivity contribution >= 4 is 27.5 Å². The Morgan fingerprint density at radius 1 is 1.59 bits per heavy atom. The van der Waals surface area contributed by atoms with Gasteiger partial charge in [0.15, 0.2) is 0 Å². The van der Waals surface area contributed by atoms with E-state index in [2.05, 4.69) is 27.3 Å². The summed E-state index contributed by atoms with van der Waals surface area (Å²) in [5, 5.41) is 11.6.